The van der Waals surface area contributed by atoms with Gasteiger partial charge in [-0.1, -0.05) is 12.1 Å². The summed E-state index contributed by atoms with van der Waals surface area (Å²) in [5, 5.41) is 8.57. The number of hydrogen-bond acceptors (Lipinski definition) is 4. The fourth-order valence-electron chi connectivity index (χ4n) is 2.18. The van der Waals surface area contributed by atoms with Crippen LogP contribution in [0.2, 0.25) is 0 Å². The van der Waals surface area contributed by atoms with Gasteiger partial charge in [0.2, 0.25) is 0 Å². The number of nitrogens with one attached hydrogen (secondary N) is 3. The maximum absolute atomic E-state index is 11.9. The maximum atomic E-state index is 11.9. The summed E-state index contributed by atoms with van der Waals surface area (Å²) in [6.45, 7) is 2.45. The van der Waals surface area contributed by atoms with E-state index >= 15 is 0 Å². The largest absolute Gasteiger partial charge is 0.380 e. The van der Waals surface area contributed by atoms with Crippen molar-refractivity contribution in [1.82, 2.24) is 15.2 Å². The summed E-state index contributed by atoms with van der Waals surface area (Å²) in [5.41, 5.74) is 1.94. The topological polar surface area (TPSA) is 90.6 Å². The number of fused-ring (bicyclic) bond motifs is 1. The molecule has 2 aromatic heterocycles. The average molecular weight is 282 g/mol. The number of aromatic amines is 2. The number of rotatable bonds is 3. The molecule has 3 N–H and O–H groups in total. The molecule has 3 rings (SSSR count). The van der Waals surface area contributed by atoms with Crippen LogP contribution < -0.4 is 16.4 Å². The van der Waals surface area contributed by atoms with Gasteiger partial charge < -0.3 is 5.32 Å². The summed E-state index contributed by atoms with van der Waals surface area (Å²) < 4.78 is 0. The van der Waals surface area contributed by atoms with E-state index in [2.05, 4.69) is 20.5 Å². The molecule has 1 aromatic carbocycles. The van der Waals surface area contributed by atoms with E-state index in [9.17, 15) is 9.59 Å². The first-order valence-corrected chi connectivity index (χ1v) is 6.54. The molecule has 0 atom stereocenters. The standard InChI is InChI=1S/C15H14N4O2/c1-9-5-6-10(7-16-9)8-17-12-4-2-3-11-13(12)15(21)19-18-14(11)20/h2-7,17H,8H2,1H3,(H,18,20)(H,19,21). The van der Waals surface area contributed by atoms with E-state index < -0.39 is 0 Å². The highest BCUT2D eigenvalue weighted by Gasteiger charge is 2.07. The number of aromatic nitrogens is 3. The molecule has 2 heterocycles. The van der Waals surface area contributed by atoms with Crippen LogP contribution in [0, 0.1) is 6.92 Å². The number of anilines is 1. The van der Waals surface area contributed by atoms with Crippen molar-refractivity contribution < 1.29 is 0 Å². The highest BCUT2D eigenvalue weighted by atomic mass is 16.1. The average Bonchev–Trinajstić information content (AvgIpc) is 2.50. The quantitative estimate of drug-likeness (QED) is 0.679. The van der Waals surface area contributed by atoms with E-state index in [1.165, 1.54) is 0 Å². The Balaban J connectivity index is 1.98. The van der Waals surface area contributed by atoms with Gasteiger partial charge in [-0.2, -0.15) is 0 Å². The van der Waals surface area contributed by atoms with Crippen molar-refractivity contribution in [3.8, 4) is 0 Å². The Morgan fingerprint density at radius 2 is 1.90 bits per heavy atom. The van der Waals surface area contributed by atoms with Gasteiger partial charge in [0.15, 0.2) is 0 Å². The number of H-pyrrole nitrogens is 2. The van der Waals surface area contributed by atoms with Crippen LogP contribution in [0.25, 0.3) is 10.8 Å². The molecule has 21 heavy (non-hydrogen) atoms. The van der Waals surface area contributed by atoms with E-state index in [-0.39, 0.29) is 11.1 Å². The van der Waals surface area contributed by atoms with Crippen LogP contribution in [0.3, 0.4) is 0 Å². The number of pyridine rings is 1. The first-order valence-electron chi connectivity index (χ1n) is 6.54. The minimum Gasteiger partial charge on any atom is -0.380 e. The molecule has 0 radical (unpaired) electrons. The molecule has 0 aliphatic rings. The number of nitrogens with zero attached hydrogens (tertiary/aromatic N) is 1. The molecule has 0 saturated carbocycles. The van der Waals surface area contributed by atoms with Crippen LogP contribution in [0.1, 0.15) is 11.3 Å². The Morgan fingerprint density at radius 3 is 2.67 bits per heavy atom. The van der Waals surface area contributed by atoms with Crippen LogP contribution in [0.5, 0.6) is 0 Å². The summed E-state index contributed by atoms with van der Waals surface area (Å²) in [6.07, 6.45) is 1.78. The SMILES string of the molecule is Cc1ccc(CNc2cccc3c(=O)[nH][nH]c(=O)c23)cn1. The molecule has 0 fully saturated rings. The predicted molar refractivity (Wildman–Crippen MR) is 81.5 cm³/mol. The molecule has 106 valence electrons. The molecule has 0 amide bonds. The van der Waals surface area contributed by atoms with Gasteiger partial charge in [0.25, 0.3) is 11.1 Å². The predicted octanol–water partition coefficient (Wildman–Crippen LogP) is 1.53. The van der Waals surface area contributed by atoms with Crippen LogP contribution in [-0.4, -0.2) is 15.2 Å². The molecular weight excluding hydrogens is 268 g/mol. The van der Waals surface area contributed by atoms with Crippen LogP contribution >= 0.6 is 0 Å². The molecule has 6 heteroatoms. The Labute approximate surface area is 119 Å². The van der Waals surface area contributed by atoms with E-state index in [1.807, 2.05) is 19.1 Å². The van der Waals surface area contributed by atoms with E-state index in [0.29, 0.717) is 23.0 Å². The summed E-state index contributed by atoms with van der Waals surface area (Å²) >= 11 is 0. The first kappa shape index (κ1) is 13.1. The fraction of sp³-hybridized carbons (Fsp3) is 0.133. The van der Waals surface area contributed by atoms with Crippen LogP contribution in [0.4, 0.5) is 5.69 Å². The van der Waals surface area contributed by atoms with Gasteiger partial charge in [0.1, 0.15) is 0 Å². The van der Waals surface area contributed by atoms with E-state index in [1.54, 1.807) is 24.4 Å². The van der Waals surface area contributed by atoms with Crippen molar-refractivity contribution in [2.45, 2.75) is 13.5 Å². The Kier molecular flexibility index (Phi) is 3.27. The molecule has 0 saturated heterocycles. The second kappa shape index (κ2) is 5.24. The zero-order chi connectivity index (χ0) is 14.8. The number of hydrogen-bond donors (Lipinski definition) is 3. The van der Waals surface area contributed by atoms with Crippen LogP contribution in [-0.2, 0) is 6.54 Å². The minimum atomic E-state index is -0.324. The zero-order valence-corrected chi connectivity index (χ0v) is 11.4. The molecule has 3 aromatic rings. The monoisotopic (exact) mass is 282 g/mol. The molecular formula is C15H14N4O2. The van der Waals surface area contributed by atoms with E-state index in [0.717, 1.165) is 11.3 Å². The van der Waals surface area contributed by atoms with Gasteiger partial charge in [-0.25, -0.2) is 0 Å². The summed E-state index contributed by atoms with van der Waals surface area (Å²) in [6, 6.07) is 9.04. The second-order valence-corrected chi connectivity index (χ2v) is 4.80. The Morgan fingerprint density at radius 1 is 1.10 bits per heavy atom. The lowest BCUT2D eigenvalue weighted by atomic mass is 10.1. The van der Waals surface area contributed by atoms with Gasteiger partial charge in [0, 0.05) is 24.1 Å². The lowest BCUT2D eigenvalue weighted by molar-refractivity contribution is 0.975. The van der Waals surface area contributed by atoms with Crippen molar-refractivity contribution in [1.29, 1.82) is 0 Å². The molecule has 0 spiro atoms. The maximum Gasteiger partial charge on any atom is 0.272 e. The first-order chi connectivity index (χ1) is 10.1. The molecule has 0 aliphatic carbocycles. The Hall–Kier alpha value is -2.89. The molecule has 6 nitrogen and oxygen atoms in total. The highest BCUT2D eigenvalue weighted by Crippen LogP contribution is 2.17. The normalized spacial score (nSPS) is 10.7. The van der Waals surface area contributed by atoms with Crippen molar-refractivity contribution in [2.24, 2.45) is 0 Å². The molecule has 0 unspecified atom stereocenters. The van der Waals surface area contributed by atoms with Crippen LogP contribution in [0.15, 0.2) is 46.1 Å². The second-order valence-electron chi connectivity index (χ2n) is 4.80. The smallest absolute Gasteiger partial charge is 0.272 e. The molecule has 0 bridgehead atoms. The summed E-state index contributed by atoms with van der Waals surface area (Å²) in [7, 11) is 0. The van der Waals surface area contributed by atoms with E-state index in [4.69, 9.17) is 0 Å². The highest BCUT2D eigenvalue weighted by molar-refractivity contribution is 5.92. The lowest BCUT2D eigenvalue weighted by Crippen LogP contribution is -2.20. The van der Waals surface area contributed by atoms with Crippen molar-refractivity contribution >= 4 is 16.5 Å². The van der Waals surface area contributed by atoms with Gasteiger partial charge >= 0.3 is 0 Å². The van der Waals surface area contributed by atoms with Gasteiger partial charge in [-0.15, -0.1) is 0 Å². The summed E-state index contributed by atoms with van der Waals surface area (Å²) in [5.74, 6) is 0. The third kappa shape index (κ3) is 2.55. The van der Waals surface area contributed by atoms with Crippen molar-refractivity contribution in [2.75, 3.05) is 5.32 Å². The van der Waals surface area contributed by atoms with Crippen molar-refractivity contribution in [3.63, 3.8) is 0 Å². The Bertz CT molecular complexity index is 894. The molecule has 0 aliphatic heterocycles. The third-order valence-corrected chi connectivity index (χ3v) is 3.28. The van der Waals surface area contributed by atoms with Gasteiger partial charge in [-0.05, 0) is 30.7 Å². The lowest BCUT2D eigenvalue weighted by Gasteiger charge is -2.08. The number of aryl methyl sites for hydroxylation is 1. The zero-order valence-electron chi connectivity index (χ0n) is 11.4. The third-order valence-electron chi connectivity index (χ3n) is 3.28. The summed E-state index contributed by atoms with van der Waals surface area (Å²) in [4.78, 5) is 27.9. The van der Waals surface area contributed by atoms with Crippen molar-refractivity contribution in [3.05, 3.63) is 68.5 Å². The minimum absolute atomic E-state index is 0.315. The fourth-order valence-corrected chi connectivity index (χ4v) is 2.18. The van der Waals surface area contributed by atoms with Gasteiger partial charge in [-0.3, -0.25) is 24.8 Å². The van der Waals surface area contributed by atoms with Gasteiger partial charge in [0.05, 0.1) is 10.8 Å². The number of benzene rings is 1.